The van der Waals surface area contributed by atoms with Crippen molar-refractivity contribution >= 4 is 40.8 Å². The summed E-state index contributed by atoms with van der Waals surface area (Å²) in [5, 5.41) is 3.05. The van der Waals surface area contributed by atoms with Gasteiger partial charge in [-0.05, 0) is 55.8 Å². The van der Waals surface area contributed by atoms with Gasteiger partial charge in [0.1, 0.15) is 5.75 Å². The Kier molecular flexibility index (Phi) is 6.39. The minimum absolute atomic E-state index is 0.0374. The average Bonchev–Trinajstić information content (AvgIpc) is 3.14. The number of benzene rings is 2. The van der Waals surface area contributed by atoms with Gasteiger partial charge >= 0.3 is 5.97 Å². The molecule has 8 heteroatoms. The number of hydrogen-bond acceptors (Lipinski definition) is 5. The van der Waals surface area contributed by atoms with Crippen molar-refractivity contribution in [2.75, 3.05) is 23.9 Å². The summed E-state index contributed by atoms with van der Waals surface area (Å²) in [7, 11) is 1.55. The summed E-state index contributed by atoms with van der Waals surface area (Å²) in [6, 6.07) is 11.3. The summed E-state index contributed by atoms with van der Waals surface area (Å²) in [4.78, 5) is 38.3. The second-order valence-electron chi connectivity index (χ2n) is 6.58. The van der Waals surface area contributed by atoms with Gasteiger partial charge in [-0.2, -0.15) is 0 Å². The lowest BCUT2D eigenvalue weighted by molar-refractivity contribution is -0.123. The van der Waals surface area contributed by atoms with Crippen LogP contribution in [-0.2, 0) is 14.3 Å². The van der Waals surface area contributed by atoms with Gasteiger partial charge in [-0.3, -0.25) is 9.59 Å². The maximum absolute atomic E-state index is 12.5. The molecular weight excluding hydrogens is 396 g/mol. The molecule has 7 nitrogen and oxygen atoms in total. The molecule has 29 heavy (non-hydrogen) atoms. The Balaban J connectivity index is 1.65. The van der Waals surface area contributed by atoms with Gasteiger partial charge in [0.25, 0.3) is 5.91 Å². The first kappa shape index (κ1) is 20.7. The van der Waals surface area contributed by atoms with Crippen LogP contribution in [0.4, 0.5) is 11.4 Å². The van der Waals surface area contributed by atoms with E-state index in [0.29, 0.717) is 35.1 Å². The third-order valence-electron chi connectivity index (χ3n) is 4.56. The summed E-state index contributed by atoms with van der Waals surface area (Å²) >= 11 is 6.20. The number of ether oxygens (including phenoxy) is 2. The number of methoxy groups -OCH3 is 1. The van der Waals surface area contributed by atoms with Crippen LogP contribution in [0.15, 0.2) is 42.5 Å². The number of amides is 2. The molecule has 1 N–H and O–H groups in total. The number of rotatable bonds is 6. The van der Waals surface area contributed by atoms with Crippen molar-refractivity contribution in [3.63, 3.8) is 0 Å². The topological polar surface area (TPSA) is 84.9 Å². The fourth-order valence-corrected chi connectivity index (χ4v) is 3.17. The van der Waals surface area contributed by atoms with Gasteiger partial charge in [0.15, 0.2) is 6.10 Å². The molecule has 2 aromatic rings. The molecule has 0 aliphatic carbocycles. The zero-order valence-electron chi connectivity index (χ0n) is 16.1. The minimum Gasteiger partial charge on any atom is -0.497 e. The van der Waals surface area contributed by atoms with Crippen molar-refractivity contribution in [1.29, 1.82) is 0 Å². The fourth-order valence-electron chi connectivity index (χ4n) is 2.95. The fraction of sp³-hybridized carbons (Fsp3) is 0.286. The molecule has 3 rings (SSSR count). The van der Waals surface area contributed by atoms with Crippen molar-refractivity contribution in [3.8, 4) is 5.75 Å². The van der Waals surface area contributed by atoms with Crippen molar-refractivity contribution in [2.24, 2.45) is 0 Å². The molecule has 152 valence electrons. The van der Waals surface area contributed by atoms with Gasteiger partial charge in [0, 0.05) is 18.7 Å². The summed E-state index contributed by atoms with van der Waals surface area (Å²) < 4.78 is 10.3. The quantitative estimate of drug-likeness (QED) is 0.726. The van der Waals surface area contributed by atoms with Crippen molar-refractivity contribution in [3.05, 3.63) is 53.1 Å². The highest BCUT2D eigenvalue weighted by atomic mass is 35.5. The van der Waals surface area contributed by atoms with Crippen LogP contribution in [0.3, 0.4) is 0 Å². The Morgan fingerprint density at radius 3 is 2.52 bits per heavy atom. The molecule has 0 radical (unpaired) electrons. The van der Waals surface area contributed by atoms with Gasteiger partial charge in [0.2, 0.25) is 5.91 Å². The molecular formula is C21H21ClN2O5. The van der Waals surface area contributed by atoms with Gasteiger partial charge in [-0.25, -0.2) is 4.79 Å². The molecule has 0 unspecified atom stereocenters. The van der Waals surface area contributed by atoms with Crippen LogP contribution in [-0.4, -0.2) is 37.5 Å². The Morgan fingerprint density at radius 1 is 1.17 bits per heavy atom. The molecule has 0 spiro atoms. The van der Waals surface area contributed by atoms with Crippen molar-refractivity contribution < 1.29 is 23.9 Å². The van der Waals surface area contributed by atoms with E-state index in [9.17, 15) is 14.4 Å². The monoisotopic (exact) mass is 416 g/mol. The number of anilines is 2. The van der Waals surface area contributed by atoms with Crippen LogP contribution in [0.1, 0.15) is 30.1 Å². The van der Waals surface area contributed by atoms with Crippen molar-refractivity contribution in [2.45, 2.75) is 25.9 Å². The predicted octanol–water partition coefficient (Wildman–Crippen LogP) is 3.66. The van der Waals surface area contributed by atoms with Gasteiger partial charge in [-0.15, -0.1) is 0 Å². The lowest BCUT2D eigenvalue weighted by atomic mass is 10.2. The number of halogens is 1. The molecule has 1 fully saturated rings. The number of carbonyl (C=O) groups is 3. The molecule has 2 aromatic carbocycles. The first-order chi connectivity index (χ1) is 13.9. The van der Waals surface area contributed by atoms with E-state index >= 15 is 0 Å². The number of nitrogens with zero attached hydrogens (tertiary/aromatic N) is 1. The molecule has 1 saturated heterocycles. The molecule has 1 aliphatic heterocycles. The van der Waals surface area contributed by atoms with Gasteiger partial charge in [-0.1, -0.05) is 11.6 Å². The van der Waals surface area contributed by atoms with Crippen LogP contribution >= 0.6 is 11.6 Å². The normalized spacial score (nSPS) is 14.4. The molecule has 1 heterocycles. The van der Waals surface area contributed by atoms with Crippen LogP contribution in [0.2, 0.25) is 5.02 Å². The second-order valence-corrected chi connectivity index (χ2v) is 6.99. The number of esters is 1. The van der Waals surface area contributed by atoms with E-state index in [1.807, 2.05) is 0 Å². The highest BCUT2D eigenvalue weighted by molar-refractivity contribution is 6.34. The molecule has 0 aromatic heterocycles. The lowest BCUT2D eigenvalue weighted by Gasteiger charge is -2.19. The Labute approximate surface area is 173 Å². The number of nitrogens with one attached hydrogen (secondary N) is 1. The third kappa shape index (κ3) is 4.86. The van der Waals surface area contributed by atoms with E-state index in [4.69, 9.17) is 21.1 Å². The number of hydrogen-bond donors (Lipinski definition) is 1. The maximum Gasteiger partial charge on any atom is 0.338 e. The molecule has 1 atom stereocenters. The van der Waals surface area contributed by atoms with E-state index in [1.54, 1.807) is 42.3 Å². The third-order valence-corrected chi connectivity index (χ3v) is 4.88. The standard InChI is InChI=1S/C21H21ClN2O5/c1-13(20(26)23-15-6-8-16(28-2)9-7-15)29-21(27)14-5-10-17(22)18(12-14)24-11-3-4-19(24)25/h5-10,12-13H,3-4,11H2,1-2H3,(H,23,26)/t13-/m1/s1. The van der Waals surface area contributed by atoms with Crippen LogP contribution in [0.5, 0.6) is 5.75 Å². The number of carbonyl (C=O) groups excluding carboxylic acids is 3. The van der Waals surface area contributed by atoms with Crippen LogP contribution in [0, 0.1) is 0 Å². The molecule has 0 bridgehead atoms. The average molecular weight is 417 g/mol. The first-order valence-electron chi connectivity index (χ1n) is 9.15. The smallest absolute Gasteiger partial charge is 0.338 e. The summed E-state index contributed by atoms with van der Waals surface area (Å²) in [5.74, 6) is -0.512. The van der Waals surface area contributed by atoms with Crippen LogP contribution in [0.25, 0.3) is 0 Å². The Morgan fingerprint density at radius 2 is 1.90 bits per heavy atom. The highest BCUT2D eigenvalue weighted by Gasteiger charge is 2.25. The second kappa shape index (κ2) is 8.96. The van der Waals surface area contributed by atoms with Crippen LogP contribution < -0.4 is 15.0 Å². The molecule has 0 saturated carbocycles. The Bertz CT molecular complexity index is 929. The van der Waals surface area contributed by atoms with Gasteiger partial charge < -0.3 is 19.7 Å². The van der Waals surface area contributed by atoms with E-state index < -0.39 is 18.0 Å². The predicted molar refractivity (Wildman–Crippen MR) is 110 cm³/mol. The SMILES string of the molecule is COc1ccc(NC(=O)[C@@H](C)OC(=O)c2ccc(Cl)c(N3CCCC3=O)c2)cc1. The van der Waals surface area contributed by atoms with E-state index in [2.05, 4.69) is 5.32 Å². The zero-order valence-corrected chi connectivity index (χ0v) is 16.9. The largest absolute Gasteiger partial charge is 0.497 e. The van der Waals surface area contributed by atoms with E-state index in [1.165, 1.54) is 19.1 Å². The summed E-state index contributed by atoms with van der Waals surface area (Å²) in [6.45, 7) is 2.04. The highest BCUT2D eigenvalue weighted by Crippen LogP contribution is 2.30. The Hall–Kier alpha value is -3.06. The molecule has 2 amide bonds. The van der Waals surface area contributed by atoms with E-state index in [-0.39, 0.29) is 11.5 Å². The molecule has 1 aliphatic rings. The maximum atomic E-state index is 12.5. The van der Waals surface area contributed by atoms with Gasteiger partial charge in [0.05, 0.1) is 23.4 Å². The minimum atomic E-state index is -1.02. The summed E-state index contributed by atoms with van der Waals surface area (Å²) in [5.41, 5.74) is 1.24. The first-order valence-corrected chi connectivity index (χ1v) is 9.52. The zero-order chi connectivity index (χ0) is 21.0. The summed E-state index contributed by atoms with van der Waals surface area (Å²) in [6.07, 6.45) is 0.178. The van der Waals surface area contributed by atoms with Crippen molar-refractivity contribution in [1.82, 2.24) is 0 Å². The lowest BCUT2D eigenvalue weighted by Crippen LogP contribution is -2.30. The van der Waals surface area contributed by atoms with E-state index in [0.717, 1.165) is 6.42 Å².